The number of carbonyl (C=O) groups is 1. The van der Waals surface area contributed by atoms with Crippen molar-refractivity contribution >= 4 is 5.97 Å². The van der Waals surface area contributed by atoms with E-state index in [9.17, 15) is 9.59 Å². The van der Waals surface area contributed by atoms with Crippen molar-refractivity contribution in [3.8, 4) is 0 Å². The molecular formula is C14H22N2O3. The second-order valence-electron chi connectivity index (χ2n) is 6.03. The topological polar surface area (TPSA) is 62.5 Å². The fraction of sp³-hybridized carbons (Fsp3) is 0.571. The number of aromatic carboxylic acids is 1. The normalized spacial score (nSPS) is 11.9. The summed E-state index contributed by atoms with van der Waals surface area (Å²) in [6.07, 6.45) is 1.44. The van der Waals surface area contributed by atoms with E-state index < -0.39 is 11.4 Å². The molecule has 0 radical (unpaired) electrons. The van der Waals surface area contributed by atoms with Gasteiger partial charge in [0.2, 0.25) is 0 Å². The molecule has 5 heteroatoms. The molecule has 0 aliphatic rings. The fourth-order valence-electron chi connectivity index (χ4n) is 2.37. The molecule has 19 heavy (non-hydrogen) atoms. The minimum absolute atomic E-state index is 0.0148. The van der Waals surface area contributed by atoms with Gasteiger partial charge in [0.1, 0.15) is 5.56 Å². The Kier molecular flexibility index (Phi) is 4.52. The van der Waals surface area contributed by atoms with E-state index in [0.717, 1.165) is 12.2 Å². The van der Waals surface area contributed by atoms with Gasteiger partial charge in [0.15, 0.2) is 5.43 Å². The lowest BCUT2D eigenvalue weighted by atomic mass is 9.92. The van der Waals surface area contributed by atoms with Crippen LogP contribution in [0.5, 0.6) is 0 Å². The summed E-state index contributed by atoms with van der Waals surface area (Å²) >= 11 is 0. The molecule has 0 atom stereocenters. The van der Waals surface area contributed by atoms with Gasteiger partial charge in [-0.15, -0.1) is 0 Å². The van der Waals surface area contributed by atoms with Crippen LogP contribution >= 0.6 is 0 Å². The lowest BCUT2D eigenvalue weighted by Crippen LogP contribution is -2.33. The van der Waals surface area contributed by atoms with Crippen molar-refractivity contribution < 1.29 is 9.90 Å². The Morgan fingerprint density at radius 1 is 1.42 bits per heavy atom. The summed E-state index contributed by atoms with van der Waals surface area (Å²) in [7, 11) is 4.01. The van der Waals surface area contributed by atoms with E-state index >= 15 is 0 Å². The van der Waals surface area contributed by atoms with Crippen molar-refractivity contribution in [2.45, 2.75) is 27.3 Å². The highest BCUT2D eigenvalue weighted by Gasteiger charge is 2.21. The highest BCUT2D eigenvalue weighted by molar-refractivity contribution is 5.87. The quantitative estimate of drug-likeness (QED) is 0.876. The van der Waals surface area contributed by atoms with Crippen LogP contribution in [-0.4, -0.2) is 41.2 Å². The van der Waals surface area contributed by atoms with Crippen LogP contribution in [-0.2, 0) is 6.54 Å². The number of aryl methyl sites for hydroxylation is 1. The third-order valence-electron chi connectivity index (χ3n) is 2.92. The van der Waals surface area contributed by atoms with Gasteiger partial charge in [-0.25, -0.2) is 4.79 Å². The lowest BCUT2D eigenvalue weighted by Gasteiger charge is -2.30. The van der Waals surface area contributed by atoms with Crippen LogP contribution in [0, 0.1) is 12.3 Å². The molecule has 1 rings (SSSR count). The standard InChI is InChI=1S/C14H22N2O3/c1-10-6-12(17)11(13(18)19)7-16(10)9-14(2,3)8-15(4)5/h6-7H,8-9H2,1-5H3,(H,18,19). The summed E-state index contributed by atoms with van der Waals surface area (Å²) in [6, 6.07) is 1.38. The third kappa shape index (κ3) is 4.21. The molecule has 1 N–H and O–H groups in total. The van der Waals surface area contributed by atoms with Crippen LogP contribution < -0.4 is 5.43 Å². The summed E-state index contributed by atoms with van der Waals surface area (Å²) in [5, 5.41) is 9.00. The largest absolute Gasteiger partial charge is 0.477 e. The van der Waals surface area contributed by atoms with Crippen molar-refractivity contribution in [3.05, 3.63) is 33.7 Å². The maximum atomic E-state index is 11.6. The Labute approximate surface area is 113 Å². The van der Waals surface area contributed by atoms with Gasteiger partial charge in [-0.3, -0.25) is 4.79 Å². The molecule has 0 amide bonds. The first-order chi connectivity index (χ1) is 8.62. The highest BCUT2D eigenvalue weighted by Crippen LogP contribution is 2.19. The molecule has 0 aliphatic heterocycles. The Bertz CT molecular complexity index is 530. The Balaban J connectivity index is 3.11. The predicted molar refractivity (Wildman–Crippen MR) is 74.7 cm³/mol. The summed E-state index contributed by atoms with van der Waals surface area (Å²) in [6.45, 7) is 7.59. The highest BCUT2D eigenvalue weighted by atomic mass is 16.4. The van der Waals surface area contributed by atoms with Crippen molar-refractivity contribution in [1.29, 1.82) is 0 Å². The summed E-state index contributed by atoms with van der Waals surface area (Å²) in [5.41, 5.74) is 0.152. The predicted octanol–water partition coefficient (Wildman–Crippen LogP) is 1.44. The molecule has 0 saturated heterocycles. The van der Waals surface area contributed by atoms with Crippen LogP contribution in [0.3, 0.4) is 0 Å². The zero-order chi connectivity index (χ0) is 14.8. The number of rotatable bonds is 5. The molecule has 1 aromatic rings. The van der Waals surface area contributed by atoms with Gasteiger partial charge in [-0.05, 0) is 26.4 Å². The Hall–Kier alpha value is -1.62. The molecule has 0 aliphatic carbocycles. The van der Waals surface area contributed by atoms with E-state index in [1.807, 2.05) is 25.6 Å². The number of nitrogens with zero attached hydrogens (tertiary/aromatic N) is 2. The number of pyridine rings is 1. The van der Waals surface area contributed by atoms with Crippen molar-refractivity contribution in [2.24, 2.45) is 5.41 Å². The molecular weight excluding hydrogens is 244 g/mol. The molecule has 1 heterocycles. The second-order valence-corrected chi connectivity index (χ2v) is 6.03. The molecule has 0 saturated carbocycles. The third-order valence-corrected chi connectivity index (χ3v) is 2.92. The minimum atomic E-state index is -1.18. The van der Waals surface area contributed by atoms with Crippen LogP contribution in [0.4, 0.5) is 0 Å². The minimum Gasteiger partial charge on any atom is -0.477 e. The number of aromatic nitrogens is 1. The molecule has 1 aromatic heterocycles. The van der Waals surface area contributed by atoms with Crippen LogP contribution in [0.2, 0.25) is 0 Å². The van der Waals surface area contributed by atoms with Gasteiger partial charge in [0.25, 0.3) is 0 Å². The Morgan fingerprint density at radius 3 is 2.47 bits per heavy atom. The zero-order valence-electron chi connectivity index (χ0n) is 12.2. The maximum absolute atomic E-state index is 11.6. The fourth-order valence-corrected chi connectivity index (χ4v) is 2.37. The van der Waals surface area contributed by atoms with Crippen molar-refractivity contribution in [3.63, 3.8) is 0 Å². The summed E-state index contributed by atoms with van der Waals surface area (Å²) in [4.78, 5) is 24.7. The van der Waals surface area contributed by atoms with Gasteiger partial charge < -0.3 is 14.6 Å². The Morgan fingerprint density at radius 2 is 2.00 bits per heavy atom. The summed E-state index contributed by atoms with van der Waals surface area (Å²) < 4.78 is 1.84. The number of hydrogen-bond acceptors (Lipinski definition) is 3. The van der Waals surface area contributed by atoms with E-state index in [-0.39, 0.29) is 11.0 Å². The van der Waals surface area contributed by atoms with Gasteiger partial charge in [0.05, 0.1) is 0 Å². The second kappa shape index (κ2) is 5.57. The average Bonchev–Trinajstić information content (AvgIpc) is 2.19. The average molecular weight is 266 g/mol. The smallest absolute Gasteiger partial charge is 0.341 e. The van der Waals surface area contributed by atoms with E-state index in [2.05, 4.69) is 18.7 Å². The molecule has 106 valence electrons. The van der Waals surface area contributed by atoms with Crippen LogP contribution in [0.25, 0.3) is 0 Å². The SMILES string of the molecule is Cc1cc(=O)c(C(=O)O)cn1CC(C)(C)CN(C)C. The van der Waals surface area contributed by atoms with E-state index in [0.29, 0.717) is 6.54 Å². The van der Waals surface area contributed by atoms with Gasteiger partial charge in [0, 0.05) is 31.0 Å². The number of hydrogen-bond donors (Lipinski definition) is 1. The molecule has 0 bridgehead atoms. The van der Waals surface area contributed by atoms with Crippen LogP contribution in [0.1, 0.15) is 29.9 Å². The molecule has 5 nitrogen and oxygen atoms in total. The van der Waals surface area contributed by atoms with Gasteiger partial charge >= 0.3 is 5.97 Å². The van der Waals surface area contributed by atoms with Gasteiger partial charge in [-0.2, -0.15) is 0 Å². The van der Waals surface area contributed by atoms with Crippen molar-refractivity contribution in [2.75, 3.05) is 20.6 Å². The molecule has 0 fully saturated rings. The number of carboxylic acids is 1. The van der Waals surface area contributed by atoms with E-state index in [1.54, 1.807) is 0 Å². The maximum Gasteiger partial charge on any atom is 0.341 e. The molecule has 0 unspecified atom stereocenters. The molecule has 0 aromatic carbocycles. The first kappa shape index (κ1) is 15.4. The van der Waals surface area contributed by atoms with Crippen molar-refractivity contribution in [1.82, 2.24) is 9.47 Å². The first-order valence-corrected chi connectivity index (χ1v) is 6.21. The molecule has 0 spiro atoms. The van der Waals surface area contributed by atoms with Gasteiger partial charge in [-0.1, -0.05) is 13.8 Å². The lowest BCUT2D eigenvalue weighted by molar-refractivity contribution is 0.0694. The summed E-state index contributed by atoms with van der Waals surface area (Å²) in [5.74, 6) is -1.18. The monoisotopic (exact) mass is 266 g/mol. The van der Waals surface area contributed by atoms with E-state index in [1.165, 1.54) is 12.3 Å². The van der Waals surface area contributed by atoms with Crippen LogP contribution in [0.15, 0.2) is 17.1 Å². The number of carboxylic acid groups (broad SMARTS) is 1. The first-order valence-electron chi connectivity index (χ1n) is 6.21. The zero-order valence-corrected chi connectivity index (χ0v) is 12.2. The van der Waals surface area contributed by atoms with E-state index in [4.69, 9.17) is 5.11 Å².